The van der Waals surface area contributed by atoms with Crippen LogP contribution in [0, 0.1) is 0 Å². The minimum atomic E-state index is -0.930. The molecule has 0 aromatic carbocycles. The zero-order valence-corrected chi connectivity index (χ0v) is 8.31. The van der Waals surface area contributed by atoms with Crippen molar-refractivity contribution >= 4 is 11.6 Å². The molecule has 0 radical (unpaired) electrons. The molecule has 1 heterocycles. The highest BCUT2D eigenvalue weighted by Gasteiger charge is 2.33. The van der Waals surface area contributed by atoms with Gasteiger partial charge in [-0.25, -0.2) is 0 Å². The molecule has 72 valence electrons. The second kappa shape index (κ2) is 4.45. The van der Waals surface area contributed by atoms with Crippen LogP contribution in [0.25, 0.3) is 0 Å². The second-order valence-corrected chi connectivity index (χ2v) is 4.11. The number of hydrogen-bond acceptors (Lipinski definition) is 2. The van der Waals surface area contributed by atoms with Crippen LogP contribution in [0.2, 0.25) is 0 Å². The van der Waals surface area contributed by atoms with Gasteiger partial charge in [0.2, 0.25) is 0 Å². The highest BCUT2D eigenvalue weighted by Crippen LogP contribution is 2.30. The lowest BCUT2D eigenvalue weighted by Crippen LogP contribution is -2.40. The number of aliphatic hydroxyl groups is 1. The van der Waals surface area contributed by atoms with Crippen LogP contribution in [0.4, 0.5) is 0 Å². The molecule has 0 spiro atoms. The second-order valence-electron chi connectivity index (χ2n) is 3.49. The third-order valence-electron chi connectivity index (χ3n) is 2.26. The molecule has 0 aliphatic carbocycles. The monoisotopic (exact) mass is 192 g/mol. The van der Waals surface area contributed by atoms with E-state index in [4.69, 9.17) is 16.3 Å². The fourth-order valence-electron chi connectivity index (χ4n) is 1.51. The molecule has 0 aromatic heterocycles. The van der Waals surface area contributed by atoms with Crippen LogP contribution < -0.4 is 0 Å². The summed E-state index contributed by atoms with van der Waals surface area (Å²) in [7, 11) is 0. The molecular formula is C9H17ClO2. The summed E-state index contributed by atoms with van der Waals surface area (Å²) in [4.78, 5) is 0. The Morgan fingerprint density at radius 2 is 2.42 bits per heavy atom. The standard InChI is InChI=1S/C9H17ClO2/c1-2-3-5-9(11)7-8(10)4-6-12-9/h8,11H,2-7H2,1H3. The Balaban J connectivity index is 2.35. The molecular weight excluding hydrogens is 176 g/mol. The highest BCUT2D eigenvalue weighted by molar-refractivity contribution is 6.20. The molecule has 2 nitrogen and oxygen atoms in total. The molecule has 1 fully saturated rings. The van der Waals surface area contributed by atoms with Gasteiger partial charge in [0.05, 0.1) is 6.61 Å². The largest absolute Gasteiger partial charge is 0.365 e. The van der Waals surface area contributed by atoms with E-state index in [0.29, 0.717) is 19.4 Å². The van der Waals surface area contributed by atoms with Gasteiger partial charge in [-0.1, -0.05) is 13.3 Å². The van der Waals surface area contributed by atoms with Crippen LogP contribution in [0.15, 0.2) is 0 Å². The van der Waals surface area contributed by atoms with Crippen molar-refractivity contribution in [3.63, 3.8) is 0 Å². The van der Waals surface area contributed by atoms with Crippen molar-refractivity contribution in [2.75, 3.05) is 6.61 Å². The highest BCUT2D eigenvalue weighted by atomic mass is 35.5. The van der Waals surface area contributed by atoms with E-state index in [1.165, 1.54) is 0 Å². The van der Waals surface area contributed by atoms with Crippen molar-refractivity contribution in [3.8, 4) is 0 Å². The van der Waals surface area contributed by atoms with E-state index < -0.39 is 5.79 Å². The Kier molecular flexibility index (Phi) is 3.81. The molecule has 0 amide bonds. The summed E-state index contributed by atoms with van der Waals surface area (Å²) in [6.45, 7) is 2.69. The number of alkyl halides is 1. The van der Waals surface area contributed by atoms with Crippen molar-refractivity contribution in [3.05, 3.63) is 0 Å². The van der Waals surface area contributed by atoms with Crippen LogP contribution >= 0.6 is 11.6 Å². The first-order chi connectivity index (χ1) is 5.66. The molecule has 2 atom stereocenters. The fourth-order valence-corrected chi connectivity index (χ4v) is 1.84. The van der Waals surface area contributed by atoms with E-state index >= 15 is 0 Å². The smallest absolute Gasteiger partial charge is 0.166 e. The average molecular weight is 193 g/mol. The first kappa shape index (κ1) is 10.3. The van der Waals surface area contributed by atoms with Crippen LogP contribution in [0.3, 0.4) is 0 Å². The zero-order chi connectivity index (χ0) is 9.03. The number of halogens is 1. The summed E-state index contributed by atoms with van der Waals surface area (Å²) in [6.07, 6.45) is 4.23. The van der Waals surface area contributed by atoms with Gasteiger partial charge in [-0.3, -0.25) is 0 Å². The number of rotatable bonds is 3. The zero-order valence-electron chi connectivity index (χ0n) is 7.55. The summed E-state index contributed by atoms with van der Waals surface area (Å²) in [5.74, 6) is -0.930. The quantitative estimate of drug-likeness (QED) is 0.696. The number of unbranched alkanes of at least 4 members (excludes halogenated alkanes) is 1. The lowest BCUT2D eigenvalue weighted by Gasteiger charge is -2.34. The Morgan fingerprint density at radius 3 is 3.00 bits per heavy atom. The average Bonchev–Trinajstić information content (AvgIpc) is 2.01. The van der Waals surface area contributed by atoms with E-state index in [0.717, 1.165) is 19.3 Å². The number of hydrogen-bond donors (Lipinski definition) is 1. The maximum Gasteiger partial charge on any atom is 0.166 e. The predicted molar refractivity (Wildman–Crippen MR) is 49.3 cm³/mol. The Morgan fingerprint density at radius 1 is 1.67 bits per heavy atom. The lowest BCUT2D eigenvalue weighted by molar-refractivity contribution is -0.227. The minimum Gasteiger partial charge on any atom is -0.365 e. The third-order valence-corrected chi connectivity index (χ3v) is 2.64. The molecule has 1 aliphatic rings. The van der Waals surface area contributed by atoms with Crippen LogP contribution in [0.5, 0.6) is 0 Å². The summed E-state index contributed by atoms with van der Waals surface area (Å²) >= 11 is 5.94. The maximum absolute atomic E-state index is 9.87. The first-order valence-corrected chi connectivity index (χ1v) is 5.10. The van der Waals surface area contributed by atoms with Gasteiger partial charge in [-0.05, 0) is 12.8 Å². The summed E-state index contributed by atoms with van der Waals surface area (Å²) in [5, 5.41) is 9.95. The van der Waals surface area contributed by atoms with Gasteiger partial charge in [-0.2, -0.15) is 0 Å². The molecule has 3 heteroatoms. The van der Waals surface area contributed by atoms with Gasteiger partial charge >= 0.3 is 0 Å². The van der Waals surface area contributed by atoms with Crippen molar-refractivity contribution in [1.82, 2.24) is 0 Å². The lowest BCUT2D eigenvalue weighted by atomic mass is 10.00. The number of ether oxygens (including phenoxy) is 1. The van der Waals surface area contributed by atoms with Gasteiger partial charge in [0.25, 0.3) is 0 Å². The summed E-state index contributed by atoms with van der Waals surface area (Å²) in [6, 6.07) is 0. The SMILES string of the molecule is CCCCC1(O)CC(Cl)CCO1. The molecule has 1 aliphatic heterocycles. The van der Waals surface area contributed by atoms with Crippen molar-refractivity contribution < 1.29 is 9.84 Å². The fraction of sp³-hybridized carbons (Fsp3) is 1.00. The van der Waals surface area contributed by atoms with E-state index in [2.05, 4.69) is 6.92 Å². The Labute approximate surface area is 78.9 Å². The molecule has 12 heavy (non-hydrogen) atoms. The molecule has 0 aromatic rings. The van der Waals surface area contributed by atoms with Gasteiger partial charge in [0.15, 0.2) is 5.79 Å². The van der Waals surface area contributed by atoms with E-state index in [9.17, 15) is 5.11 Å². The van der Waals surface area contributed by atoms with E-state index in [-0.39, 0.29) is 5.38 Å². The molecule has 0 bridgehead atoms. The molecule has 1 rings (SSSR count). The van der Waals surface area contributed by atoms with Crippen molar-refractivity contribution in [2.45, 2.75) is 50.2 Å². The van der Waals surface area contributed by atoms with E-state index in [1.54, 1.807) is 0 Å². The first-order valence-electron chi connectivity index (χ1n) is 4.67. The van der Waals surface area contributed by atoms with Gasteiger partial charge in [-0.15, -0.1) is 11.6 Å². The van der Waals surface area contributed by atoms with Crippen LogP contribution in [-0.2, 0) is 4.74 Å². The Hall–Kier alpha value is 0.210. The van der Waals surface area contributed by atoms with Crippen LogP contribution in [-0.4, -0.2) is 22.9 Å². The topological polar surface area (TPSA) is 29.5 Å². The van der Waals surface area contributed by atoms with E-state index in [1.807, 2.05) is 0 Å². The molecule has 0 saturated carbocycles. The van der Waals surface area contributed by atoms with Crippen molar-refractivity contribution in [2.24, 2.45) is 0 Å². The van der Waals surface area contributed by atoms with Crippen molar-refractivity contribution in [1.29, 1.82) is 0 Å². The Bertz CT molecular complexity index is 140. The third kappa shape index (κ3) is 2.92. The predicted octanol–water partition coefficient (Wildman–Crippen LogP) is 2.28. The van der Waals surface area contributed by atoms with Gasteiger partial charge in [0, 0.05) is 18.2 Å². The summed E-state index contributed by atoms with van der Waals surface area (Å²) < 4.78 is 5.31. The summed E-state index contributed by atoms with van der Waals surface area (Å²) in [5.41, 5.74) is 0. The van der Waals surface area contributed by atoms with Gasteiger partial charge in [0.1, 0.15) is 0 Å². The molecule has 1 saturated heterocycles. The minimum absolute atomic E-state index is 0.0839. The normalized spacial score (nSPS) is 36.8. The van der Waals surface area contributed by atoms with Crippen LogP contribution in [0.1, 0.15) is 39.0 Å². The molecule has 2 unspecified atom stereocenters. The maximum atomic E-state index is 9.87. The molecule has 1 N–H and O–H groups in total. The van der Waals surface area contributed by atoms with Gasteiger partial charge < -0.3 is 9.84 Å².